The van der Waals surface area contributed by atoms with Crippen LogP contribution in [0.1, 0.15) is 21.5 Å². The van der Waals surface area contributed by atoms with Crippen LogP contribution in [0.5, 0.6) is 5.75 Å². The van der Waals surface area contributed by atoms with Crippen molar-refractivity contribution in [1.29, 1.82) is 0 Å². The van der Waals surface area contributed by atoms with Crippen LogP contribution in [0.25, 0.3) is 16.8 Å². The molecular weight excluding hydrogens is 482 g/mol. The number of nitro benzene ring substituents is 1. The van der Waals surface area contributed by atoms with Crippen LogP contribution >= 0.6 is 11.6 Å². The Morgan fingerprint density at radius 3 is 2.58 bits per heavy atom. The maximum atomic E-state index is 12.7. The highest BCUT2D eigenvalue weighted by Crippen LogP contribution is 2.22. The summed E-state index contributed by atoms with van der Waals surface area (Å²) in [5.41, 5.74) is 3.68. The fourth-order valence-corrected chi connectivity index (χ4v) is 3.59. The molecule has 0 aliphatic heterocycles. The Hall–Kier alpha value is -4.82. The minimum absolute atomic E-state index is 0.0905. The van der Waals surface area contributed by atoms with Crippen LogP contribution < -0.4 is 10.2 Å². The van der Waals surface area contributed by atoms with Gasteiger partial charge in [0.2, 0.25) is 0 Å². The summed E-state index contributed by atoms with van der Waals surface area (Å²) in [6.45, 7) is 0. The lowest BCUT2D eigenvalue weighted by molar-refractivity contribution is -0.384. The zero-order valence-corrected chi connectivity index (χ0v) is 19.4. The van der Waals surface area contributed by atoms with Gasteiger partial charge < -0.3 is 4.74 Å². The molecule has 0 fully saturated rings. The van der Waals surface area contributed by atoms with Crippen molar-refractivity contribution in [3.63, 3.8) is 0 Å². The fraction of sp³-hybridized carbons (Fsp3) is 0. The highest BCUT2D eigenvalue weighted by atomic mass is 35.5. The van der Waals surface area contributed by atoms with E-state index in [9.17, 15) is 19.7 Å². The molecule has 0 saturated carbocycles. The molecule has 4 aromatic carbocycles. The number of amides is 1. The average Bonchev–Trinajstić information content (AvgIpc) is 2.88. The van der Waals surface area contributed by atoms with E-state index in [1.165, 1.54) is 42.6 Å². The number of nitro groups is 1. The Bertz CT molecular complexity index is 1530. The second-order valence-corrected chi connectivity index (χ2v) is 7.95. The van der Waals surface area contributed by atoms with E-state index in [2.05, 4.69) is 10.5 Å². The first-order valence-electron chi connectivity index (χ1n) is 10.7. The van der Waals surface area contributed by atoms with E-state index in [0.29, 0.717) is 21.7 Å². The molecule has 178 valence electrons. The Morgan fingerprint density at radius 2 is 1.75 bits per heavy atom. The van der Waals surface area contributed by atoms with Crippen molar-refractivity contribution in [3.05, 3.63) is 123 Å². The molecule has 0 aliphatic rings. The number of nitrogens with zero attached hydrogens (tertiary/aromatic N) is 2. The molecule has 9 heteroatoms. The molecular formula is C27H18ClN3O5. The van der Waals surface area contributed by atoms with Gasteiger partial charge in [0, 0.05) is 34.4 Å². The lowest BCUT2D eigenvalue weighted by atomic mass is 10.0. The summed E-state index contributed by atoms with van der Waals surface area (Å²) in [7, 11) is 0. The van der Waals surface area contributed by atoms with Gasteiger partial charge in [-0.05, 0) is 46.7 Å². The quantitative estimate of drug-likeness (QED) is 0.0864. The van der Waals surface area contributed by atoms with Gasteiger partial charge >= 0.3 is 5.97 Å². The largest absolute Gasteiger partial charge is 0.423 e. The van der Waals surface area contributed by atoms with Crippen molar-refractivity contribution < 1.29 is 19.2 Å². The number of esters is 1. The predicted octanol–water partition coefficient (Wildman–Crippen LogP) is 5.78. The molecule has 8 nitrogen and oxygen atoms in total. The third-order valence-electron chi connectivity index (χ3n) is 5.08. The Balaban J connectivity index is 1.47. The first kappa shape index (κ1) is 24.3. The number of hydrogen-bond donors (Lipinski definition) is 1. The number of non-ortho nitro benzene ring substituents is 1. The molecule has 0 unspecified atom stereocenters. The highest BCUT2D eigenvalue weighted by Gasteiger charge is 2.10. The van der Waals surface area contributed by atoms with Crippen molar-refractivity contribution in [2.75, 3.05) is 0 Å². The number of rotatable bonds is 7. The number of hydrazone groups is 1. The van der Waals surface area contributed by atoms with Gasteiger partial charge in [0.05, 0.1) is 11.1 Å². The molecule has 1 N–H and O–H groups in total. The fourth-order valence-electron chi connectivity index (χ4n) is 3.41. The lowest BCUT2D eigenvalue weighted by Gasteiger charge is -2.07. The second kappa shape index (κ2) is 11.1. The third kappa shape index (κ3) is 5.99. The minimum atomic E-state index is -0.710. The molecule has 4 aromatic rings. The van der Waals surface area contributed by atoms with E-state index >= 15 is 0 Å². The highest BCUT2D eigenvalue weighted by molar-refractivity contribution is 6.31. The molecule has 0 aliphatic carbocycles. The molecule has 0 heterocycles. The first-order valence-corrected chi connectivity index (χ1v) is 11.0. The average molecular weight is 500 g/mol. The topological polar surface area (TPSA) is 111 Å². The van der Waals surface area contributed by atoms with Crippen molar-refractivity contribution >= 4 is 52.2 Å². The number of benzene rings is 4. The summed E-state index contributed by atoms with van der Waals surface area (Å²) >= 11 is 6.08. The van der Waals surface area contributed by atoms with Crippen molar-refractivity contribution in [3.8, 4) is 5.75 Å². The molecule has 0 radical (unpaired) electrons. The maximum absolute atomic E-state index is 12.7. The normalized spacial score (nSPS) is 11.1. The smallest absolute Gasteiger partial charge is 0.336 e. The number of carbonyl (C=O) groups is 2. The van der Waals surface area contributed by atoms with Gasteiger partial charge in [0.15, 0.2) is 0 Å². The van der Waals surface area contributed by atoms with Crippen LogP contribution in [0, 0.1) is 10.1 Å². The first-order chi connectivity index (χ1) is 17.4. The summed E-state index contributed by atoms with van der Waals surface area (Å²) in [5, 5.41) is 17.0. The minimum Gasteiger partial charge on any atom is -0.423 e. The summed E-state index contributed by atoms with van der Waals surface area (Å²) in [6, 6.07) is 23.3. The predicted molar refractivity (Wildman–Crippen MR) is 138 cm³/mol. The summed E-state index contributed by atoms with van der Waals surface area (Å²) in [5.74, 6) is -0.946. The van der Waals surface area contributed by atoms with Crippen LogP contribution in [0.2, 0.25) is 5.02 Å². The third-order valence-corrected chi connectivity index (χ3v) is 5.31. The van der Waals surface area contributed by atoms with Gasteiger partial charge in [0.25, 0.3) is 11.6 Å². The summed E-state index contributed by atoms with van der Waals surface area (Å²) < 4.78 is 5.38. The van der Waals surface area contributed by atoms with Crippen LogP contribution in [-0.2, 0) is 4.79 Å². The van der Waals surface area contributed by atoms with Gasteiger partial charge in [0.1, 0.15) is 5.75 Å². The molecule has 0 atom stereocenters. The van der Waals surface area contributed by atoms with Gasteiger partial charge in [-0.1, -0.05) is 60.1 Å². The van der Waals surface area contributed by atoms with Crippen LogP contribution in [0.3, 0.4) is 0 Å². The molecule has 36 heavy (non-hydrogen) atoms. The summed E-state index contributed by atoms with van der Waals surface area (Å²) in [6.07, 6.45) is 3.88. The Kier molecular flexibility index (Phi) is 7.48. The standard InChI is InChI=1S/C27H18ClN3O5/c28-21-12-13-25(36-26(32)14-11-18-5-3-8-22(15-18)31(34)35)20(16-21)17-29-30-27(33)24-10-4-7-19-6-1-2-9-23(19)24/h1-17H,(H,30,33)/b14-11+,29-17+. The van der Waals surface area contributed by atoms with Crippen molar-refractivity contribution in [2.45, 2.75) is 0 Å². The molecule has 0 spiro atoms. The molecule has 1 amide bonds. The maximum Gasteiger partial charge on any atom is 0.336 e. The monoisotopic (exact) mass is 499 g/mol. The van der Waals surface area contributed by atoms with Gasteiger partial charge in [-0.3, -0.25) is 14.9 Å². The zero-order chi connectivity index (χ0) is 25.5. The zero-order valence-electron chi connectivity index (χ0n) is 18.6. The number of ether oxygens (including phenoxy) is 1. The number of fused-ring (bicyclic) bond motifs is 1. The number of halogens is 1. The van der Waals surface area contributed by atoms with E-state index in [1.54, 1.807) is 24.3 Å². The molecule has 0 aromatic heterocycles. The number of hydrogen-bond acceptors (Lipinski definition) is 6. The van der Waals surface area contributed by atoms with Gasteiger partial charge in [-0.15, -0.1) is 0 Å². The van der Waals surface area contributed by atoms with Gasteiger partial charge in [-0.2, -0.15) is 5.10 Å². The Labute approximate surface area is 210 Å². The lowest BCUT2D eigenvalue weighted by Crippen LogP contribution is -2.18. The number of nitrogens with one attached hydrogen (secondary N) is 1. The Morgan fingerprint density at radius 1 is 0.972 bits per heavy atom. The molecule has 0 saturated heterocycles. The van der Waals surface area contributed by atoms with Crippen LogP contribution in [0.15, 0.2) is 96.1 Å². The summed E-state index contributed by atoms with van der Waals surface area (Å²) in [4.78, 5) is 35.4. The van der Waals surface area contributed by atoms with E-state index in [-0.39, 0.29) is 11.4 Å². The number of carbonyl (C=O) groups excluding carboxylic acids is 2. The van der Waals surface area contributed by atoms with Crippen LogP contribution in [-0.4, -0.2) is 23.0 Å². The second-order valence-electron chi connectivity index (χ2n) is 7.51. The van der Waals surface area contributed by atoms with E-state index in [1.807, 2.05) is 30.3 Å². The SMILES string of the molecule is O=C(/C=C/c1cccc([N+](=O)[O-])c1)Oc1ccc(Cl)cc1/C=N/NC(=O)c1cccc2ccccc12. The van der Waals surface area contributed by atoms with E-state index in [0.717, 1.165) is 16.8 Å². The van der Waals surface area contributed by atoms with E-state index in [4.69, 9.17) is 16.3 Å². The molecule has 4 rings (SSSR count). The van der Waals surface area contributed by atoms with E-state index < -0.39 is 16.8 Å². The van der Waals surface area contributed by atoms with Crippen molar-refractivity contribution in [2.24, 2.45) is 5.10 Å². The van der Waals surface area contributed by atoms with Gasteiger partial charge in [-0.25, -0.2) is 10.2 Å². The van der Waals surface area contributed by atoms with Crippen LogP contribution in [0.4, 0.5) is 5.69 Å². The van der Waals surface area contributed by atoms with Crippen molar-refractivity contribution in [1.82, 2.24) is 5.43 Å². The molecule has 0 bridgehead atoms.